The molecule has 0 spiro atoms. The average Bonchev–Trinajstić information content (AvgIpc) is 2.49. The number of halogens is 1. The molecule has 1 N–H and O–H groups in total. The third-order valence-electron chi connectivity index (χ3n) is 3.32. The lowest BCUT2D eigenvalue weighted by molar-refractivity contribution is 0.588. The Kier molecular flexibility index (Phi) is 5.28. The quantitative estimate of drug-likeness (QED) is 0.874. The van der Waals surface area contributed by atoms with Crippen LogP contribution in [0.3, 0.4) is 0 Å². The molecule has 0 fully saturated rings. The summed E-state index contributed by atoms with van der Waals surface area (Å²) in [4.78, 5) is 6.39. The van der Waals surface area contributed by atoms with Gasteiger partial charge in [0.05, 0.1) is 0 Å². The number of rotatable bonds is 6. The smallest absolute Gasteiger partial charge is 0.123 e. The van der Waals surface area contributed by atoms with E-state index in [0.717, 1.165) is 30.0 Å². The zero-order valence-electron chi connectivity index (χ0n) is 12.8. The summed E-state index contributed by atoms with van der Waals surface area (Å²) in [6.45, 7) is 7.90. The van der Waals surface area contributed by atoms with Gasteiger partial charge < -0.3 is 10.2 Å². The van der Waals surface area contributed by atoms with Crippen molar-refractivity contribution < 1.29 is 4.39 Å². The van der Waals surface area contributed by atoms with Crippen molar-refractivity contribution in [3.05, 3.63) is 54.1 Å². The SMILES string of the molecule is CCN(c1ccc(F)cc1)c1ccncc1CNC(C)C. The van der Waals surface area contributed by atoms with Crippen molar-refractivity contribution in [1.82, 2.24) is 10.3 Å². The zero-order chi connectivity index (χ0) is 15.2. The maximum Gasteiger partial charge on any atom is 0.123 e. The number of anilines is 2. The largest absolute Gasteiger partial charge is 0.341 e. The van der Waals surface area contributed by atoms with Crippen LogP contribution in [0.15, 0.2) is 42.7 Å². The van der Waals surface area contributed by atoms with E-state index in [1.807, 2.05) is 12.3 Å². The fraction of sp³-hybridized carbons (Fsp3) is 0.353. The molecule has 112 valence electrons. The summed E-state index contributed by atoms with van der Waals surface area (Å²) < 4.78 is 13.1. The van der Waals surface area contributed by atoms with Crippen molar-refractivity contribution in [1.29, 1.82) is 0 Å². The second kappa shape index (κ2) is 7.18. The molecule has 0 atom stereocenters. The minimum absolute atomic E-state index is 0.216. The predicted octanol–water partition coefficient (Wildman–Crippen LogP) is 3.88. The first-order valence-corrected chi connectivity index (χ1v) is 7.31. The van der Waals surface area contributed by atoms with Crippen LogP contribution in [0.1, 0.15) is 26.3 Å². The highest BCUT2D eigenvalue weighted by atomic mass is 19.1. The summed E-state index contributed by atoms with van der Waals surface area (Å²) in [7, 11) is 0. The molecule has 0 aliphatic heterocycles. The van der Waals surface area contributed by atoms with Gasteiger partial charge in [-0.1, -0.05) is 13.8 Å². The van der Waals surface area contributed by atoms with Gasteiger partial charge in [-0.3, -0.25) is 4.98 Å². The second-order valence-corrected chi connectivity index (χ2v) is 5.26. The topological polar surface area (TPSA) is 28.2 Å². The maximum atomic E-state index is 13.1. The minimum atomic E-state index is -0.216. The fourth-order valence-corrected chi connectivity index (χ4v) is 2.25. The molecular weight excluding hydrogens is 265 g/mol. The first-order chi connectivity index (χ1) is 10.1. The van der Waals surface area contributed by atoms with Crippen LogP contribution in [-0.2, 0) is 6.54 Å². The number of nitrogens with one attached hydrogen (secondary N) is 1. The molecule has 3 nitrogen and oxygen atoms in total. The van der Waals surface area contributed by atoms with Gasteiger partial charge in [0.15, 0.2) is 0 Å². The molecule has 0 aliphatic rings. The van der Waals surface area contributed by atoms with Gasteiger partial charge in [0.1, 0.15) is 5.82 Å². The highest BCUT2D eigenvalue weighted by Gasteiger charge is 2.12. The van der Waals surface area contributed by atoms with E-state index in [9.17, 15) is 4.39 Å². The van der Waals surface area contributed by atoms with E-state index >= 15 is 0 Å². The van der Waals surface area contributed by atoms with Crippen molar-refractivity contribution >= 4 is 11.4 Å². The predicted molar refractivity (Wildman–Crippen MR) is 85.3 cm³/mol. The lowest BCUT2D eigenvalue weighted by Gasteiger charge is -2.26. The Labute approximate surface area is 125 Å². The van der Waals surface area contributed by atoms with E-state index in [1.54, 1.807) is 18.3 Å². The Morgan fingerprint density at radius 3 is 2.52 bits per heavy atom. The van der Waals surface area contributed by atoms with Crippen LogP contribution in [0, 0.1) is 5.82 Å². The molecule has 2 aromatic rings. The Hall–Kier alpha value is -1.94. The van der Waals surface area contributed by atoms with Crippen LogP contribution < -0.4 is 10.2 Å². The molecule has 0 saturated carbocycles. The van der Waals surface area contributed by atoms with E-state index < -0.39 is 0 Å². The Bertz CT molecular complexity index is 567. The molecule has 0 aliphatic carbocycles. The number of pyridine rings is 1. The zero-order valence-corrected chi connectivity index (χ0v) is 12.8. The first kappa shape index (κ1) is 15.4. The average molecular weight is 287 g/mol. The van der Waals surface area contributed by atoms with Crippen molar-refractivity contribution in [2.75, 3.05) is 11.4 Å². The standard InChI is InChI=1S/C17H22FN3/c1-4-21(16-7-5-15(18)6-8-16)17-9-10-19-11-14(17)12-20-13(2)3/h5-11,13,20H,4,12H2,1-3H3. The van der Waals surface area contributed by atoms with Gasteiger partial charge in [0, 0.05) is 48.5 Å². The van der Waals surface area contributed by atoms with E-state index in [2.05, 4.69) is 36.0 Å². The Morgan fingerprint density at radius 2 is 1.90 bits per heavy atom. The van der Waals surface area contributed by atoms with Crippen molar-refractivity contribution in [3.8, 4) is 0 Å². The first-order valence-electron chi connectivity index (χ1n) is 7.31. The second-order valence-electron chi connectivity index (χ2n) is 5.26. The van der Waals surface area contributed by atoms with Gasteiger partial charge in [-0.15, -0.1) is 0 Å². The van der Waals surface area contributed by atoms with Gasteiger partial charge in [0.25, 0.3) is 0 Å². The van der Waals surface area contributed by atoms with E-state index in [4.69, 9.17) is 0 Å². The van der Waals surface area contributed by atoms with Crippen LogP contribution in [-0.4, -0.2) is 17.6 Å². The van der Waals surface area contributed by atoms with E-state index in [0.29, 0.717) is 6.04 Å². The highest BCUT2D eigenvalue weighted by Crippen LogP contribution is 2.28. The Morgan fingerprint density at radius 1 is 1.19 bits per heavy atom. The summed E-state index contributed by atoms with van der Waals surface area (Å²) in [5.41, 5.74) is 3.22. The molecule has 1 aromatic carbocycles. The van der Waals surface area contributed by atoms with Crippen LogP contribution in [0.5, 0.6) is 0 Å². The van der Waals surface area contributed by atoms with Crippen LogP contribution in [0.4, 0.5) is 15.8 Å². The summed E-state index contributed by atoms with van der Waals surface area (Å²) in [6, 6.07) is 9.01. The lowest BCUT2D eigenvalue weighted by atomic mass is 10.1. The number of aromatic nitrogens is 1. The Balaban J connectivity index is 2.31. The van der Waals surface area contributed by atoms with E-state index in [1.165, 1.54) is 12.1 Å². The number of nitrogens with zero attached hydrogens (tertiary/aromatic N) is 2. The molecular formula is C17H22FN3. The van der Waals surface area contributed by atoms with Crippen LogP contribution in [0.2, 0.25) is 0 Å². The van der Waals surface area contributed by atoms with Gasteiger partial charge >= 0.3 is 0 Å². The third-order valence-corrected chi connectivity index (χ3v) is 3.32. The molecule has 0 amide bonds. The summed E-state index contributed by atoms with van der Waals surface area (Å²) >= 11 is 0. The van der Waals surface area contributed by atoms with Gasteiger partial charge in [-0.25, -0.2) is 4.39 Å². The van der Waals surface area contributed by atoms with E-state index in [-0.39, 0.29) is 5.82 Å². The number of hydrogen-bond acceptors (Lipinski definition) is 3. The third kappa shape index (κ3) is 4.02. The van der Waals surface area contributed by atoms with Gasteiger partial charge in [-0.2, -0.15) is 0 Å². The molecule has 0 radical (unpaired) electrons. The van der Waals surface area contributed by atoms with Crippen molar-refractivity contribution in [3.63, 3.8) is 0 Å². The molecule has 2 rings (SSSR count). The molecule has 4 heteroatoms. The molecule has 1 heterocycles. The molecule has 0 bridgehead atoms. The monoisotopic (exact) mass is 287 g/mol. The lowest BCUT2D eigenvalue weighted by Crippen LogP contribution is -2.24. The minimum Gasteiger partial charge on any atom is -0.341 e. The molecule has 0 saturated heterocycles. The normalized spacial score (nSPS) is 10.9. The summed E-state index contributed by atoms with van der Waals surface area (Å²) in [5, 5.41) is 3.42. The van der Waals surface area contributed by atoms with Gasteiger partial charge in [0.2, 0.25) is 0 Å². The van der Waals surface area contributed by atoms with Crippen LogP contribution >= 0.6 is 0 Å². The summed E-state index contributed by atoms with van der Waals surface area (Å²) in [6.07, 6.45) is 3.68. The summed E-state index contributed by atoms with van der Waals surface area (Å²) in [5.74, 6) is -0.216. The van der Waals surface area contributed by atoms with Crippen LogP contribution in [0.25, 0.3) is 0 Å². The molecule has 1 aromatic heterocycles. The number of benzene rings is 1. The van der Waals surface area contributed by atoms with Crippen molar-refractivity contribution in [2.24, 2.45) is 0 Å². The maximum absolute atomic E-state index is 13.1. The van der Waals surface area contributed by atoms with Crippen molar-refractivity contribution in [2.45, 2.75) is 33.4 Å². The highest BCUT2D eigenvalue weighted by molar-refractivity contribution is 5.65. The van der Waals surface area contributed by atoms with Gasteiger partial charge in [-0.05, 0) is 37.3 Å². The number of hydrogen-bond donors (Lipinski definition) is 1. The molecule has 0 unspecified atom stereocenters. The molecule has 21 heavy (non-hydrogen) atoms. The fourth-order valence-electron chi connectivity index (χ4n) is 2.25.